The van der Waals surface area contributed by atoms with E-state index < -0.39 is 0 Å². The fourth-order valence-electron chi connectivity index (χ4n) is 2.21. The van der Waals surface area contributed by atoms with Crippen LogP contribution in [0, 0.1) is 24.8 Å². The largest absolute Gasteiger partial charge is 0.466 e. The Morgan fingerprint density at radius 1 is 1.29 bits per heavy atom. The van der Waals surface area contributed by atoms with Crippen molar-refractivity contribution in [1.29, 1.82) is 5.26 Å². The zero-order chi connectivity index (χ0) is 17.5. The standard InChI is InChI=1S/C19H16N2O3/c1-4-23-19(22)10-14-5-6-18(13(2)7-14)24-17-9-15(12-20)8-16(11-17)21-3/h5-9,11H,4,10H2,1-2H3. The molecule has 0 aliphatic heterocycles. The highest BCUT2D eigenvalue weighted by atomic mass is 16.5. The van der Waals surface area contributed by atoms with Gasteiger partial charge >= 0.3 is 5.97 Å². The molecule has 0 aliphatic rings. The zero-order valence-electron chi connectivity index (χ0n) is 13.5. The Balaban J connectivity index is 2.21. The van der Waals surface area contributed by atoms with Crippen LogP contribution in [0.2, 0.25) is 0 Å². The van der Waals surface area contributed by atoms with Gasteiger partial charge in [-0.15, -0.1) is 0 Å². The van der Waals surface area contributed by atoms with Crippen LogP contribution in [0.5, 0.6) is 11.5 Å². The van der Waals surface area contributed by atoms with E-state index in [0.717, 1.165) is 11.1 Å². The Morgan fingerprint density at radius 3 is 2.71 bits per heavy atom. The van der Waals surface area contributed by atoms with Crippen LogP contribution in [0.25, 0.3) is 4.85 Å². The van der Waals surface area contributed by atoms with E-state index in [9.17, 15) is 4.79 Å². The van der Waals surface area contributed by atoms with Gasteiger partial charge in [0.05, 0.1) is 25.7 Å². The van der Waals surface area contributed by atoms with Crippen molar-refractivity contribution in [3.8, 4) is 17.6 Å². The molecular formula is C19H16N2O3. The first kappa shape index (κ1) is 17.1. The van der Waals surface area contributed by atoms with Gasteiger partial charge in [-0.2, -0.15) is 5.26 Å². The number of rotatable bonds is 5. The molecule has 5 nitrogen and oxygen atoms in total. The van der Waals surface area contributed by atoms with E-state index in [2.05, 4.69) is 4.85 Å². The minimum absolute atomic E-state index is 0.209. The van der Waals surface area contributed by atoms with Crippen molar-refractivity contribution < 1.29 is 14.3 Å². The van der Waals surface area contributed by atoms with Gasteiger partial charge in [0.15, 0.2) is 5.69 Å². The third-order valence-electron chi connectivity index (χ3n) is 3.27. The fourth-order valence-corrected chi connectivity index (χ4v) is 2.21. The van der Waals surface area contributed by atoms with E-state index in [1.54, 1.807) is 31.2 Å². The first-order valence-electron chi connectivity index (χ1n) is 7.41. The van der Waals surface area contributed by atoms with E-state index in [1.165, 1.54) is 6.07 Å². The third-order valence-corrected chi connectivity index (χ3v) is 3.27. The average Bonchev–Trinajstić information content (AvgIpc) is 2.57. The van der Waals surface area contributed by atoms with Crippen LogP contribution >= 0.6 is 0 Å². The molecule has 2 aromatic carbocycles. The number of nitrogens with zero attached hydrogens (tertiary/aromatic N) is 2. The van der Waals surface area contributed by atoms with Gasteiger partial charge in [0.2, 0.25) is 0 Å². The molecule has 0 radical (unpaired) electrons. The molecule has 0 bridgehead atoms. The lowest BCUT2D eigenvalue weighted by molar-refractivity contribution is -0.142. The second-order valence-electron chi connectivity index (χ2n) is 5.12. The van der Waals surface area contributed by atoms with Gasteiger partial charge in [-0.3, -0.25) is 4.79 Å². The summed E-state index contributed by atoms with van der Waals surface area (Å²) in [6, 6.07) is 12.1. The first-order valence-corrected chi connectivity index (χ1v) is 7.41. The fraction of sp³-hybridized carbons (Fsp3) is 0.211. The predicted octanol–water partition coefficient (Wildman–Crippen LogP) is 4.32. The van der Waals surface area contributed by atoms with Crippen molar-refractivity contribution in [3.63, 3.8) is 0 Å². The molecule has 0 saturated carbocycles. The molecule has 0 unspecified atom stereocenters. The number of benzene rings is 2. The second kappa shape index (κ2) is 7.80. The van der Waals surface area contributed by atoms with Gasteiger partial charge in [0.1, 0.15) is 11.5 Å². The quantitative estimate of drug-likeness (QED) is 0.608. The molecule has 2 rings (SSSR count). The number of hydrogen-bond acceptors (Lipinski definition) is 4. The van der Waals surface area contributed by atoms with E-state index in [1.807, 2.05) is 19.1 Å². The Hall–Kier alpha value is -3.31. The molecular weight excluding hydrogens is 304 g/mol. The highest BCUT2D eigenvalue weighted by molar-refractivity contribution is 5.72. The average molecular weight is 320 g/mol. The second-order valence-corrected chi connectivity index (χ2v) is 5.12. The minimum atomic E-state index is -0.269. The van der Waals surface area contributed by atoms with Gasteiger partial charge < -0.3 is 9.47 Å². The summed E-state index contributed by atoms with van der Waals surface area (Å²) in [6.07, 6.45) is 0.209. The van der Waals surface area contributed by atoms with E-state index in [4.69, 9.17) is 21.3 Å². The first-order chi connectivity index (χ1) is 11.5. The van der Waals surface area contributed by atoms with Crippen molar-refractivity contribution in [2.75, 3.05) is 6.61 Å². The summed E-state index contributed by atoms with van der Waals surface area (Å²) in [5, 5.41) is 9.01. The molecule has 120 valence electrons. The summed E-state index contributed by atoms with van der Waals surface area (Å²) in [7, 11) is 0. The Kier molecular flexibility index (Phi) is 5.54. The number of hydrogen-bond donors (Lipinski definition) is 0. The molecule has 0 fully saturated rings. The van der Waals surface area contributed by atoms with Crippen LogP contribution in [0.15, 0.2) is 36.4 Å². The van der Waals surface area contributed by atoms with Gasteiger partial charge in [0.25, 0.3) is 0 Å². The minimum Gasteiger partial charge on any atom is -0.466 e. The number of carbonyl (C=O) groups excluding carboxylic acids is 1. The van der Waals surface area contributed by atoms with Crippen LogP contribution in [0.4, 0.5) is 5.69 Å². The number of aryl methyl sites for hydroxylation is 1. The van der Waals surface area contributed by atoms with E-state index >= 15 is 0 Å². The summed E-state index contributed by atoms with van der Waals surface area (Å²) in [4.78, 5) is 14.9. The van der Waals surface area contributed by atoms with Crippen molar-refractivity contribution in [2.45, 2.75) is 20.3 Å². The van der Waals surface area contributed by atoms with Crippen molar-refractivity contribution in [2.24, 2.45) is 0 Å². The van der Waals surface area contributed by atoms with Gasteiger partial charge in [0, 0.05) is 5.56 Å². The Labute approximate surface area is 140 Å². The summed E-state index contributed by atoms with van der Waals surface area (Å²) in [5.41, 5.74) is 2.41. The molecule has 0 heterocycles. The molecule has 0 saturated heterocycles. The van der Waals surface area contributed by atoms with Gasteiger partial charge in [-0.05, 0) is 49.2 Å². The number of carbonyl (C=O) groups is 1. The Bertz CT molecular complexity index is 812. The van der Waals surface area contributed by atoms with Crippen molar-refractivity contribution in [1.82, 2.24) is 0 Å². The number of nitriles is 1. The summed E-state index contributed by atoms with van der Waals surface area (Å²) < 4.78 is 10.7. The highest BCUT2D eigenvalue weighted by Crippen LogP contribution is 2.30. The number of ether oxygens (including phenoxy) is 2. The predicted molar refractivity (Wildman–Crippen MR) is 89.0 cm³/mol. The molecule has 0 amide bonds. The highest BCUT2D eigenvalue weighted by Gasteiger charge is 2.09. The van der Waals surface area contributed by atoms with Gasteiger partial charge in [-0.1, -0.05) is 12.1 Å². The smallest absolute Gasteiger partial charge is 0.310 e. The monoisotopic (exact) mass is 320 g/mol. The van der Waals surface area contributed by atoms with E-state index in [-0.39, 0.29) is 12.4 Å². The van der Waals surface area contributed by atoms with Crippen LogP contribution in [0.3, 0.4) is 0 Å². The molecule has 24 heavy (non-hydrogen) atoms. The molecule has 0 aliphatic carbocycles. The molecule has 0 atom stereocenters. The lowest BCUT2D eigenvalue weighted by Gasteiger charge is -2.11. The summed E-state index contributed by atoms with van der Waals surface area (Å²) in [6.45, 7) is 11.1. The maximum atomic E-state index is 11.5. The zero-order valence-corrected chi connectivity index (χ0v) is 13.5. The molecule has 2 aromatic rings. The maximum Gasteiger partial charge on any atom is 0.310 e. The van der Waals surface area contributed by atoms with E-state index in [0.29, 0.717) is 29.4 Å². The van der Waals surface area contributed by atoms with Crippen molar-refractivity contribution in [3.05, 3.63) is 64.5 Å². The molecule has 0 N–H and O–H groups in total. The summed E-state index contributed by atoms with van der Waals surface area (Å²) in [5.74, 6) is 0.768. The van der Waals surface area contributed by atoms with Crippen LogP contribution < -0.4 is 4.74 Å². The normalized spacial score (nSPS) is 9.67. The SMILES string of the molecule is [C-]#[N+]c1cc(C#N)cc(Oc2ccc(CC(=O)OCC)cc2C)c1. The third kappa shape index (κ3) is 4.34. The lowest BCUT2D eigenvalue weighted by Crippen LogP contribution is -2.07. The topological polar surface area (TPSA) is 63.7 Å². The molecule has 0 aromatic heterocycles. The molecule has 0 spiro atoms. The molecule has 5 heteroatoms. The van der Waals surface area contributed by atoms with Crippen LogP contribution in [0.1, 0.15) is 23.6 Å². The summed E-state index contributed by atoms with van der Waals surface area (Å²) >= 11 is 0. The van der Waals surface area contributed by atoms with Crippen LogP contribution in [-0.4, -0.2) is 12.6 Å². The van der Waals surface area contributed by atoms with Crippen molar-refractivity contribution >= 4 is 11.7 Å². The number of esters is 1. The van der Waals surface area contributed by atoms with Crippen LogP contribution in [-0.2, 0) is 16.0 Å². The Morgan fingerprint density at radius 2 is 2.08 bits per heavy atom. The maximum absolute atomic E-state index is 11.5. The van der Waals surface area contributed by atoms with Gasteiger partial charge in [-0.25, -0.2) is 4.85 Å². The lowest BCUT2D eigenvalue weighted by atomic mass is 10.1.